The highest BCUT2D eigenvalue weighted by Crippen LogP contribution is 2.39. The van der Waals surface area contributed by atoms with Crippen molar-refractivity contribution in [1.82, 2.24) is 10.2 Å². The maximum atomic E-state index is 9.70. The average molecular weight is 228 g/mol. The fourth-order valence-electron chi connectivity index (χ4n) is 2.54. The number of nitrogens with one attached hydrogen (secondary N) is 1. The van der Waals surface area contributed by atoms with Gasteiger partial charge in [-0.2, -0.15) is 0 Å². The molecule has 1 unspecified atom stereocenters. The SMILES string of the molecule is CCCCN(C)CC(CO)(NCC)C1CC1. The van der Waals surface area contributed by atoms with Crippen LogP contribution in [0.2, 0.25) is 0 Å². The van der Waals surface area contributed by atoms with Crippen LogP contribution in [0.1, 0.15) is 39.5 Å². The van der Waals surface area contributed by atoms with Crippen LogP contribution in [0.3, 0.4) is 0 Å². The Bertz CT molecular complexity index is 194. The maximum Gasteiger partial charge on any atom is 0.0628 e. The molecule has 0 saturated heterocycles. The van der Waals surface area contributed by atoms with Crippen LogP contribution in [0.25, 0.3) is 0 Å². The zero-order valence-corrected chi connectivity index (χ0v) is 11.1. The van der Waals surface area contributed by atoms with E-state index in [4.69, 9.17) is 0 Å². The third-order valence-corrected chi connectivity index (χ3v) is 3.62. The van der Waals surface area contributed by atoms with E-state index in [2.05, 4.69) is 31.1 Å². The van der Waals surface area contributed by atoms with Crippen molar-refractivity contribution in [2.24, 2.45) is 5.92 Å². The van der Waals surface area contributed by atoms with Crippen molar-refractivity contribution < 1.29 is 5.11 Å². The fourth-order valence-corrected chi connectivity index (χ4v) is 2.54. The summed E-state index contributed by atoms with van der Waals surface area (Å²) in [4.78, 5) is 2.36. The second-order valence-electron chi connectivity index (χ2n) is 5.21. The van der Waals surface area contributed by atoms with Gasteiger partial charge in [-0.05, 0) is 45.3 Å². The minimum atomic E-state index is -0.0444. The molecule has 1 aliphatic rings. The first-order valence-electron chi connectivity index (χ1n) is 6.73. The Kier molecular flexibility index (Phi) is 5.73. The van der Waals surface area contributed by atoms with Gasteiger partial charge in [-0.25, -0.2) is 0 Å². The van der Waals surface area contributed by atoms with Crippen LogP contribution in [-0.4, -0.2) is 48.8 Å². The van der Waals surface area contributed by atoms with Gasteiger partial charge in [0.25, 0.3) is 0 Å². The van der Waals surface area contributed by atoms with E-state index in [1.54, 1.807) is 0 Å². The minimum absolute atomic E-state index is 0.0444. The molecule has 0 heterocycles. The van der Waals surface area contributed by atoms with E-state index >= 15 is 0 Å². The van der Waals surface area contributed by atoms with Gasteiger partial charge < -0.3 is 15.3 Å². The van der Waals surface area contributed by atoms with Gasteiger partial charge in [-0.15, -0.1) is 0 Å². The number of hydrogen-bond acceptors (Lipinski definition) is 3. The van der Waals surface area contributed by atoms with Crippen molar-refractivity contribution in [2.75, 3.05) is 33.3 Å². The van der Waals surface area contributed by atoms with Gasteiger partial charge in [0.15, 0.2) is 0 Å². The predicted octanol–water partition coefficient (Wildman–Crippen LogP) is 1.47. The van der Waals surface area contributed by atoms with Crippen LogP contribution in [0.15, 0.2) is 0 Å². The summed E-state index contributed by atoms with van der Waals surface area (Å²) in [5.74, 6) is 0.682. The standard InChI is InChI=1S/C13H28N2O/c1-4-6-9-15(3)10-13(11-16,14-5-2)12-7-8-12/h12,14,16H,4-11H2,1-3H3. The van der Waals surface area contributed by atoms with Crippen molar-refractivity contribution in [3.63, 3.8) is 0 Å². The van der Waals surface area contributed by atoms with Crippen molar-refractivity contribution in [2.45, 2.75) is 45.1 Å². The highest BCUT2D eigenvalue weighted by Gasteiger charge is 2.44. The summed E-state index contributed by atoms with van der Waals surface area (Å²) in [6.07, 6.45) is 5.03. The Hall–Kier alpha value is -0.120. The molecule has 0 spiro atoms. The predicted molar refractivity (Wildman–Crippen MR) is 68.6 cm³/mol. The second kappa shape index (κ2) is 6.58. The van der Waals surface area contributed by atoms with Crippen LogP contribution in [0.4, 0.5) is 0 Å². The molecule has 0 aromatic heterocycles. The van der Waals surface area contributed by atoms with Crippen LogP contribution < -0.4 is 5.32 Å². The number of rotatable bonds is 9. The molecule has 1 rings (SSSR count). The van der Waals surface area contributed by atoms with Gasteiger partial charge in [0.05, 0.1) is 12.1 Å². The van der Waals surface area contributed by atoms with Crippen LogP contribution in [0, 0.1) is 5.92 Å². The van der Waals surface area contributed by atoms with Gasteiger partial charge in [-0.3, -0.25) is 0 Å². The highest BCUT2D eigenvalue weighted by molar-refractivity contribution is 5.02. The molecule has 0 radical (unpaired) electrons. The Morgan fingerprint density at radius 1 is 1.38 bits per heavy atom. The molecule has 1 aliphatic carbocycles. The van der Waals surface area contributed by atoms with Gasteiger partial charge >= 0.3 is 0 Å². The summed E-state index contributed by atoms with van der Waals surface area (Å²) in [6.45, 7) is 7.66. The van der Waals surface area contributed by atoms with Crippen LogP contribution in [0.5, 0.6) is 0 Å². The third kappa shape index (κ3) is 3.72. The summed E-state index contributed by atoms with van der Waals surface area (Å²) >= 11 is 0. The first-order chi connectivity index (χ1) is 7.68. The Morgan fingerprint density at radius 3 is 2.50 bits per heavy atom. The van der Waals surface area contributed by atoms with Gasteiger partial charge in [0.2, 0.25) is 0 Å². The number of aliphatic hydroxyl groups excluding tert-OH is 1. The lowest BCUT2D eigenvalue weighted by atomic mass is 9.93. The van der Waals surface area contributed by atoms with Crippen LogP contribution >= 0.6 is 0 Å². The molecule has 0 amide bonds. The normalized spacial score (nSPS) is 20.1. The van der Waals surface area contributed by atoms with Gasteiger partial charge in [0.1, 0.15) is 0 Å². The van der Waals surface area contributed by atoms with Crippen LogP contribution in [-0.2, 0) is 0 Å². The van der Waals surface area contributed by atoms with Crippen molar-refractivity contribution in [3.05, 3.63) is 0 Å². The molecule has 96 valence electrons. The smallest absolute Gasteiger partial charge is 0.0628 e. The van der Waals surface area contributed by atoms with Crippen molar-refractivity contribution in [3.8, 4) is 0 Å². The molecule has 1 saturated carbocycles. The fraction of sp³-hybridized carbons (Fsp3) is 1.00. The van der Waals surface area contributed by atoms with Crippen molar-refractivity contribution >= 4 is 0 Å². The first kappa shape index (κ1) is 13.9. The zero-order chi connectivity index (χ0) is 12.0. The molecule has 2 N–H and O–H groups in total. The van der Waals surface area contributed by atoms with Gasteiger partial charge in [-0.1, -0.05) is 20.3 Å². The summed E-state index contributed by atoms with van der Waals surface area (Å²) in [5, 5.41) is 13.2. The van der Waals surface area contributed by atoms with E-state index in [9.17, 15) is 5.11 Å². The zero-order valence-electron chi connectivity index (χ0n) is 11.1. The lowest BCUT2D eigenvalue weighted by Crippen LogP contribution is -2.57. The molecular weight excluding hydrogens is 200 g/mol. The number of nitrogens with zero attached hydrogens (tertiary/aromatic N) is 1. The molecule has 0 aromatic carbocycles. The molecule has 1 fully saturated rings. The molecule has 1 atom stereocenters. The lowest BCUT2D eigenvalue weighted by Gasteiger charge is -2.37. The summed E-state index contributed by atoms with van der Waals surface area (Å²) in [6, 6.07) is 0. The third-order valence-electron chi connectivity index (χ3n) is 3.62. The lowest BCUT2D eigenvalue weighted by molar-refractivity contribution is 0.102. The summed E-state index contributed by atoms with van der Waals surface area (Å²) in [5.41, 5.74) is -0.0444. The quantitative estimate of drug-likeness (QED) is 0.627. The summed E-state index contributed by atoms with van der Waals surface area (Å²) < 4.78 is 0. The van der Waals surface area contributed by atoms with E-state index in [0.717, 1.165) is 19.6 Å². The maximum absolute atomic E-state index is 9.70. The Morgan fingerprint density at radius 2 is 2.06 bits per heavy atom. The molecule has 3 heteroatoms. The summed E-state index contributed by atoms with van der Waals surface area (Å²) in [7, 11) is 2.17. The van der Waals surface area contributed by atoms with Gasteiger partial charge in [0, 0.05) is 6.54 Å². The van der Waals surface area contributed by atoms with E-state index in [1.807, 2.05) is 0 Å². The van der Waals surface area contributed by atoms with E-state index in [0.29, 0.717) is 5.92 Å². The first-order valence-corrected chi connectivity index (χ1v) is 6.73. The number of hydrogen-bond donors (Lipinski definition) is 2. The molecule has 0 aliphatic heterocycles. The topological polar surface area (TPSA) is 35.5 Å². The molecule has 0 aromatic rings. The Balaban J connectivity index is 2.48. The molecular formula is C13H28N2O. The highest BCUT2D eigenvalue weighted by atomic mass is 16.3. The average Bonchev–Trinajstić information content (AvgIpc) is 3.09. The van der Waals surface area contributed by atoms with E-state index in [-0.39, 0.29) is 12.1 Å². The molecule has 3 nitrogen and oxygen atoms in total. The largest absolute Gasteiger partial charge is 0.394 e. The van der Waals surface area contributed by atoms with Crippen molar-refractivity contribution in [1.29, 1.82) is 0 Å². The van der Waals surface area contributed by atoms with E-state index < -0.39 is 0 Å². The number of unbranched alkanes of at least 4 members (excludes halogenated alkanes) is 1. The minimum Gasteiger partial charge on any atom is -0.394 e. The molecule has 0 bridgehead atoms. The number of likely N-dealkylation sites (N-methyl/N-ethyl adjacent to an activating group) is 2. The Labute approximate surface area is 100 Å². The van der Waals surface area contributed by atoms with E-state index in [1.165, 1.54) is 25.7 Å². The molecule has 16 heavy (non-hydrogen) atoms. The monoisotopic (exact) mass is 228 g/mol. The second-order valence-corrected chi connectivity index (χ2v) is 5.21. The number of aliphatic hydroxyl groups is 1.